The fourth-order valence-electron chi connectivity index (χ4n) is 3.09. The van der Waals surface area contributed by atoms with Crippen LogP contribution >= 0.6 is 11.3 Å². The number of hydrogen-bond acceptors (Lipinski definition) is 5. The highest BCUT2D eigenvalue weighted by Gasteiger charge is 2.28. The first-order valence-corrected chi connectivity index (χ1v) is 9.57. The van der Waals surface area contributed by atoms with E-state index in [1.54, 1.807) is 11.3 Å². The third-order valence-electron chi connectivity index (χ3n) is 4.53. The fraction of sp³-hybridized carbons (Fsp3) is 0.526. The van der Waals surface area contributed by atoms with Crippen molar-refractivity contribution in [2.24, 2.45) is 0 Å². The first-order valence-electron chi connectivity index (χ1n) is 8.69. The van der Waals surface area contributed by atoms with Crippen molar-refractivity contribution in [3.05, 3.63) is 45.9 Å². The molecular weight excluding hydrogens is 320 g/mol. The van der Waals surface area contributed by atoms with Crippen LogP contribution in [0.1, 0.15) is 48.4 Å². The third-order valence-corrected chi connectivity index (χ3v) is 5.40. The second-order valence-electron chi connectivity index (χ2n) is 6.72. The van der Waals surface area contributed by atoms with Gasteiger partial charge in [-0.25, -0.2) is 4.98 Å². The van der Waals surface area contributed by atoms with Crippen LogP contribution in [-0.4, -0.2) is 22.2 Å². The molecule has 4 nitrogen and oxygen atoms in total. The summed E-state index contributed by atoms with van der Waals surface area (Å²) >= 11 is 1.62. The number of hydrogen-bond donors (Lipinski definition) is 2. The molecule has 0 bridgehead atoms. The van der Waals surface area contributed by atoms with Gasteiger partial charge in [-0.2, -0.15) is 0 Å². The number of nitrogens with zero attached hydrogens (tertiary/aromatic N) is 1. The van der Waals surface area contributed by atoms with E-state index in [1.165, 1.54) is 12.0 Å². The standard InChI is InChI=1S/C19H26N2O2S/c1-15-5-7-17(8-6-15)23-12-18-21-16(13-24-18)11-20-14-19(22)9-3-2-4-10-19/h5-8,13,20,22H,2-4,9-12,14H2,1H3. The Kier molecular flexibility index (Phi) is 5.87. The Morgan fingerprint density at radius 1 is 1.21 bits per heavy atom. The molecule has 3 rings (SSSR count). The lowest BCUT2D eigenvalue weighted by Gasteiger charge is -2.32. The molecule has 1 heterocycles. The van der Waals surface area contributed by atoms with E-state index in [0.717, 1.165) is 42.1 Å². The maximum atomic E-state index is 10.5. The van der Waals surface area contributed by atoms with Crippen LogP contribution in [0.25, 0.3) is 0 Å². The predicted octanol–water partition coefficient (Wildman–Crippen LogP) is 3.82. The van der Waals surface area contributed by atoms with Gasteiger partial charge in [-0.05, 0) is 31.9 Å². The van der Waals surface area contributed by atoms with E-state index in [4.69, 9.17) is 4.74 Å². The summed E-state index contributed by atoms with van der Waals surface area (Å²) in [7, 11) is 0. The lowest BCUT2D eigenvalue weighted by Crippen LogP contribution is -2.41. The van der Waals surface area contributed by atoms with E-state index >= 15 is 0 Å². The van der Waals surface area contributed by atoms with Crippen LogP contribution in [-0.2, 0) is 13.2 Å². The summed E-state index contributed by atoms with van der Waals surface area (Å²) in [6, 6.07) is 8.05. The largest absolute Gasteiger partial charge is 0.486 e. The van der Waals surface area contributed by atoms with Crippen molar-refractivity contribution in [1.82, 2.24) is 10.3 Å². The van der Waals surface area contributed by atoms with Gasteiger partial charge in [0.05, 0.1) is 11.3 Å². The second-order valence-corrected chi connectivity index (χ2v) is 7.67. The van der Waals surface area contributed by atoms with E-state index in [0.29, 0.717) is 19.7 Å². The molecule has 0 spiro atoms. The van der Waals surface area contributed by atoms with Crippen molar-refractivity contribution in [2.75, 3.05) is 6.54 Å². The number of aliphatic hydroxyl groups is 1. The third kappa shape index (κ3) is 5.03. The first kappa shape index (κ1) is 17.4. The smallest absolute Gasteiger partial charge is 0.140 e. The monoisotopic (exact) mass is 346 g/mol. The molecule has 0 unspecified atom stereocenters. The van der Waals surface area contributed by atoms with E-state index in [-0.39, 0.29) is 0 Å². The van der Waals surface area contributed by atoms with Crippen molar-refractivity contribution in [3.8, 4) is 5.75 Å². The molecule has 1 fully saturated rings. The van der Waals surface area contributed by atoms with E-state index in [9.17, 15) is 5.11 Å². The Balaban J connectivity index is 1.42. The molecule has 24 heavy (non-hydrogen) atoms. The van der Waals surface area contributed by atoms with Crippen LogP contribution in [0.3, 0.4) is 0 Å². The van der Waals surface area contributed by atoms with E-state index < -0.39 is 5.60 Å². The molecule has 0 aliphatic heterocycles. The molecule has 0 atom stereocenters. The number of rotatable bonds is 7. The SMILES string of the molecule is Cc1ccc(OCc2nc(CNCC3(O)CCCCC3)cs2)cc1. The molecule has 130 valence electrons. The molecule has 2 aromatic rings. The van der Waals surface area contributed by atoms with E-state index in [1.807, 2.05) is 24.3 Å². The van der Waals surface area contributed by atoms with Crippen LogP contribution in [0.2, 0.25) is 0 Å². The average Bonchev–Trinajstić information content (AvgIpc) is 3.03. The average molecular weight is 346 g/mol. The number of aromatic nitrogens is 1. The molecule has 5 heteroatoms. The summed E-state index contributed by atoms with van der Waals surface area (Å²) < 4.78 is 5.76. The van der Waals surface area contributed by atoms with Crippen molar-refractivity contribution in [3.63, 3.8) is 0 Å². The van der Waals surface area contributed by atoms with Crippen LogP contribution in [0.15, 0.2) is 29.6 Å². The van der Waals surface area contributed by atoms with Gasteiger partial charge in [-0.15, -0.1) is 11.3 Å². The Morgan fingerprint density at radius 2 is 1.96 bits per heavy atom. The molecule has 0 saturated heterocycles. The number of thiazole rings is 1. The first-order chi connectivity index (χ1) is 11.6. The quantitative estimate of drug-likeness (QED) is 0.800. The summed E-state index contributed by atoms with van der Waals surface area (Å²) in [6.07, 6.45) is 5.34. The second kappa shape index (κ2) is 8.10. The zero-order valence-electron chi connectivity index (χ0n) is 14.3. The van der Waals surface area contributed by atoms with Crippen molar-refractivity contribution < 1.29 is 9.84 Å². The zero-order valence-corrected chi connectivity index (χ0v) is 15.1. The summed E-state index contributed by atoms with van der Waals surface area (Å²) in [4.78, 5) is 4.60. The summed E-state index contributed by atoms with van der Waals surface area (Å²) in [5.41, 5.74) is 1.72. The molecular formula is C19H26N2O2S. The lowest BCUT2D eigenvalue weighted by molar-refractivity contribution is 0.00462. The van der Waals surface area contributed by atoms with Gasteiger partial charge in [0.25, 0.3) is 0 Å². The highest BCUT2D eigenvalue weighted by Crippen LogP contribution is 2.27. The van der Waals surface area contributed by atoms with Gasteiger partial charge in [0.1, 0.15) is 17.4 Å². The fourth-order valence-corrected chi connectivity index (χ4v) is 3.79. The maximum absolute atomic E-state index is 10.5. The predicted molar refractivity (Wildman–Crippen MR) is 97.4 cm³/mol. The molecule has 1 aliphatic carbocycles. The van der Waals surface area contributed by atoms with Crippen LogP contribution in [0.5, 0.6) is 5.75 Å². The minimum absolute atomic E-state index is 0.498. The van der Waals surface area contributed by atoms with Gasteiger partial charge in [0, 0.05) is 18.5 Å². The van der Waals surface area contributed by atoms with Crippen LogP contribution < -0.4 is 10.1 Å². The normalized spacial score (nSPS) is 16.9. The Labute approximate surface area is 147 Å². The van der Waals surface area contributed by atoms with Crippen molar-refractivity contribution >= 4 is 11.3 Å². The van der Waals surface area contributed by atoms with E-state index in [2.05, 4.69) is 22.6 Å². The van der Waals surface area contributed by atoms with Crippen LogP contribution in [0, 0.1) is 6.92 Å². The highest BCUT2D eigenvalue weighted by atomic mass is 32.1. The number of nitrogens with one attached hydrogen (secondary N) is 1. The number of aryl methyl sites for hydroxylation is 1. The molecule has 1 saturated carbocycles. The van der Waals surface area contributed by atoms with Crippen molar-refractivity contribution in [2.45, 2.75) is 57.8 Å². The lowest BCUT2D eigenvalue weighted by atomic mass is 9.85. The molecule has 1 aliphatic rings. The number of ether oxygens (including phenoxy) is 1. The van der Waals surface area contributed by atoms with Gasteiger partial charge in [0.2, 0.25) is 0 Å². The Bertz CT molecular complexity index is 633. The summed E-state index contributed by atoms with van der Waals surface area (Å²) in [5, 5.41) is 16.9. The highest BCUT2D eigenvalue weighted by molar-refractivity contribution is 7.09. The molecule has 1 aromatic heterocycles. The molecule has 2 N–H and O–H groups in total. The topological polar surface area (TPSA) is 54.4 Å². The van der Waals surface area contributed by atoms with Gasteiger partial charge < -0.3 is 15.2 Å². The summed E-state index contributed by atoms with van der Waals surface area (Å²) in [6.45, 7) is 3.91. The minimum Gasteiger partial charge on any atom is -0.486 e. The minimum atomic E-state index is -0.522. The molecule has 1 aromatic carbocycles. The van der Waals surface area contributed by atoms with Gasteiger partial charge in [0.15, 0.2) is 0 Å². The zero-order chi connectivity index (χ0) is 16.8. The van der Waals surface area contributed by atoms with Gasteiger partial charge >= 0.3 is 0 Å². The molecule has 0 amide bonds. The van der Waals surface area contributed by atoms with Gasteiger partial charge in [-0.1, -0.05) is 37.0 Å². The Hall–Kier alpha value is -1.43. The molecule has 0 radical (unpaired) electrons. The van der Waals surface area contributed by atoms with Crippen molar-refractivity contribution in [1.29, 1.82) is 0 Å². The van der Waals surface area contributed by atoms with Gasteiger partial charge in [-0.3, -0.25) is 0 Å². The number of benzene rings is 1. The summed E-state index contributed by atoms with van der Waals surface area (Å²) in [5.74, 6) is 0.870. The Morgan fingerprint density at radius 3 is 2.71 bits per heavy atom. The maximum Gasteiger partial charge on any atom is 0.140 e. The van der Waals surface area contributed by atoms with Crippen LogP contribution in [0.4, 0.5) is 0 Å².